The first kappa shape index (κ1) is 17.6. The van der Waals surface area contributed by atoms with Crippen LogP contribution in [-0.4, -0.2) is 43.1 Å². The van der Waals surface area contributed by atoms with Gasteiger partial charge in [-0.15, -0.1) is 11.3 Å². The minimum absolute atomic E-state index is 0.0553. The Hall–Kier alpha value is -1.79. The lowest BCUT2D eigenvalue weighted by Crippen LogP contribution is -2.29. The Labute approximate surface area is 139 Å². The van der Waals surface area contributed by atoms with Gasteiger partial charge in [-0.3, -0.25) is 4.79 Å². The van der Waals surface area contributed by atoms with Crippen LogP contribution in [0.25, 0.3) is 0 Å². The molecule has 0 aliphatic heterocycles. The van der Waals surface area contributed by atoms with Gasteiger partial charge >= 0.3 is 0 Å². The molecule has 0 spiro atoms. The molecule has 1 aromatic carbocycles. The third kappa shape index (κ3) is 5.73. The van der Waals surface area contributed by atoms with Gasteiger partial charge in [0.15, 0.2) is 0 Å². The molecule has 1 aromatic heterocycles. The summed E-state index contributed by atoms with van der Waals surface area (Å²) in [6.45, 7) is 1.33. The molecule has 1 amide bonds. The number of ether oxygens (including phenoxy) is 1. The fourth-order valence-corrected chi connectivity index (χ4v) is 2.98. The number of hydrogen-bond donors (Lipinski definition) is 0. The number of thiazole rings is 1. The fraction of sp³-hybridized carbons (Fsp3) is 0.412. The Morgan fingerprint density at radius 2 is 2.09 bits per heavy atom. The van der Waals surface area contributed by atoms with E-state index >= 15 is 0 Å². The highest BCUT2D eigenvalue weighted by Crippen LogP contribution is 2.16. The van der Waals surface area contributed by atoms with Crippen LogP contribution in [-0.2, 0) is 22.4 Å². The van der Waals surface area contributed by atoms with E-state index in [1.54, 1.807) is 31.2 Å². The predicted octanol–water partition coefficient (Wildman–Crippen LogP) is 2.91. The van der Waals surface area contributed by atoms with Crippen molar-refractivity contribution in [1.29, 1.82) is 0 Å². The van der Waals surface area contributed by atoms with E-state index in [9.17, 15) is 9.18 Å². The second-order valence-electron chi connectivity index (χ2n) is 5.37. The molecule has 6 heteroatoms. The van der Waals surface area contributed by atoms with Crippen molar-refractivity contribution in [1.82, 2.24) is 9.88 Å². The molecule has 2 aromatic rings. The van der Waals surface area contributed by atoms with Gasteiger partial charge in [-0.1, -0.05) is 12.1 Å². The summed E-state index contributed by atoms with van der Waals surface area (Å²) in [4.78, 5) is 18.3. The van der Waals surface area contributed by atoms with Crippen LogP contribution < -0.4 is 0 Å². The van der Waals surface area contributed by atoms with Crippen molar-refractivity contribution >= 4 is 17.2 Å². The standard InChI is InChI=1S/C17H21FN2O2S/c1-20(8-3-9-22-2)17(21)11-15-12-23-16(19-15)10-13-4-6-14(18)7-5-13/h4-7,12H,3,8-11H2,1-2H3. The number of methoxy groups -OCH3 is 1. The summed E-state index contributed by atoms with van der Waals surface area (Å²) in [7, 11) is 3.45. The summed E-state index contributed by atoms with van der Waals surface area (Å²) in [5.74, 6) is -0.185. The number of carbonyl (C=O) groups is 1. The zero-order chi connectivity index (χ0) is 16.7. The quantitative estimate of drug-likeness (QED) is 0.696. The summed E-state index contributed by atoms with van der Waals surface area (Å²) in [6.07, 6.45) is 1.79. The van der Waals surface area contributed by atoms with E-state index in [4.69, 9.17) is 4.74 Å². The molecule has 0 saturated heterocycles. The number of benzene rings is 1. The second-order valence-corrected chi connectivity index (χ2v) is 6.32. The molecule has 0 aliphatic carbocycles. The molecule has 0 N–H and O–H groups in total. The molecule has 0 atom stereocenters. The van der Waals surface area contributed by atoms with E-state index in [-0.39, 0.29) is 11.7 Å². The van der Waals surface area contributed by atoms with Crippen LogP contribution in [0, 0.1) is 5.82 Å². The van der Waals surface area contributed by atoms with Crippen molar-refractivity contribution in [2.75, 3.05) is 27.3 Å². The summed E-state index contributed by atoms with van der Waals surface area (Å²) >= 11 is 1.53. The first-order valence-electron chi connectivity index (χ1n) is 7.49. The lowest BCUT2D eigenvalue weighted by Gasteiger charge is -2.16. The lowest BCUT2D eigenvalue weighted by atomic mass is 10.1. The van der Waals surface area contributed by atoms with E-state index in [1.807, 2.05) is 5.38 Å². The zero-order valence-electron chi connectivity index (χ0n) is 13.4. The van der Waals surface area contributed by atoms with E-state index in [0.717, 1.165) is 22.7 Å². The van der Waals surface area contributed by atoms with Gasteiger partial charge in [0.2, 0.25) is 5.91 Å². The maximum atomic E-state index is 12.9. The molecular weight excluding hydrogens is 315 g/mol. The maximum Gasteiger partial charge on any atom is 0.228 e. The molecule has 0 radical (unpaired) electrons. The molecule has 4 nitrogen and oxygen atoms in total. The van der Waals surface area contributed by atoms with E-state index in [1.165, 1.54) is 23.5 Å². The van der Waals surface area contributed by atoms with Gasteiger partial charge in [-0.25, -0.2) is 9.37 Å². The Morgan fingerprint density at radius 1 is 1.35 bits per heavy atom. The molecular formula is C17H21FN2O2S. The smallest absolute Gasteiger partial charge is 0.228 e. The van der Waals surface area contributed by atoms with Crippen LogP contribution in [0.2, 0.25) is 0 Å². The Bertz CT molecular complexity index is 628. The van der Waals surface area contributed by atoms with Gasteiger partial charge in [0.25, 0.3) is 0 Å². The van der Waals surface area contributed by atoms with E-state index in [0.29, 0.717) is 26.0 Å². The Morgan fingerprint density at radius 3 is 2.78 bits per heavy atom. The highest BCUT2D eigenvalue weighted by molar-refractivity contribution is 7.09. The minimum atomic E-state index is -0.240. The number of likely N-dealkylation sites (N-methyl/N-ethyl adjacent to an activating group) is 1. The van der Waals surface area contributed by atoms with Crippen molar-refractivity contribution in [3.63, 3.8) is 0 Å². The molecule has 0 saturated carbocycles. The van der Waals surface area contributed by atoms with Crippen LogP contribution >= 0.6 is 11.3 Å². The summed E-state index contributed by atoms with van der Waals surface area (Å²) in [5, 5.41) is 2.85. The number of hydrogen-bond acceptors (Lipinski definition) is 4. The molecule has 23 heavy (non-hydrogen) atoms. The highest BCUT2D eigenvalue weighted by atomic mass is 32.1. The first-order valence-corrected chi connectivity index (χ1v) is 8.37. The fourth-order valence-electron chi connectivity index (χ4n) is 2.15. The van der Waals surface area contributed by atoms with Crippen LogP contribution in [0.4, 0.5) is 4.39 Å². The van der Waals surface area contributed by atoms with Crippen molar-refractivity contribution in [2.45, 2.75) is 19.3 Å². The monoisotopic (exact) mass is 336 g/mol. The van der Waals surface area contributed by atoms with Gasteiger partial charge in [0.1, 0.15) is 5.82 Å². The second kappa shape index (κ2) is 8.74. The molecule has 0 aliphatic rings. The summed E-state index contributed by atoms with van der Waals surface area (Å²) in [6, 6.07) is 6.40. The largest absolute Gasteiger partial charge is 0.385 e. The average Bonchev–Trinajstić information content (AvgIpc) is 2.96. The first-order chi connectivity index (χ1) is 11.1. The zero-order valence-corrected chi connectivity index (χ0v) is 14.2. The normalized spacial score (nSPS) is 10.7. The molecule has 0 fully saturated rings. The topological polar surface area (TPSA) is 42.4 Å². The maximum absolute atomic E-state index is 12.9. The number of aromatic nitrogens is 1. The van der Waals surface area contributed by atoms with Gasteiger partial charge in [-0.2, -0.15) is 0 Å². The van der Waals surface area contributed by atoms with Crippen molar-refractivity contribution in [3.8, 4) is 0 Å². The van der Waals surface area contributed by atoms with Crippen LogP contribution in [0.3, 0.4) is 0 Å². The SMILES string of the molecule is COCCCN(C)C(=O)Cc1csc(Cc2ccc(F)cc2)n1. The highest BCUT2D eigenvalue weighted by Gasteiger charge is 2.12. The van der Waals surface area contributed by atoms with E-state index < -0.39 is 0 Å². The van der Waals surface area contributed by atoms with Crippen molar-refractivity contribution in [3.05, 3.63) is 51.7 Å². The van der Waals surface area contributed by atoms with Crippen molar-refractivity contribution in [2.24, 2.45) is 0 Å². The van der Waals surface area contributed by atoms with Gasteiger partial charge in [0, 0.05) is 39.1 Å². The molecule has 2 rings (SSSR count). The van der Waals surface area contributed by atoms with Crippen molar-refractivity contribution < 1.29 is 13.9 Å². The number of amides is 1. The molecule has 0 unspecified atom stereocenters. The number of rotatable bonds is 8. The molecule has 124 valence electrons. The van der Waals surface area contributed by atoms with Gasteiger partial charge < -0.3 is 9.64 Å². The predicted molar refractivity (Wildman–Crippen MR) is 89.2 cm³/mol. The Kier molecular flexibility index (Phi) is 6.67. The summed E-state index contributed by atoms with van der Waals surface area (Å²) in [5.41, 5.74) is 1.80. The van der Waals surface area contributed by atoms with Gasteiger partial charge in [0.05, 0.1) is 17.1 Å². The average molecular weight is 336 g/mol. The van der Waals surface area contributed by atoms with Gasteiger partial charge in [-0.05, 0) is 24.1 Å². The molecule has 0 bridgehead atoms. The van der Waals surface area contributed by atoms with Crippen LogP contribution in [0.1, 0.15) is 22.7 Å². The lowest BCUT2D eigenvalue weighted by molar-refractivity contribution is -0.129. The third-order valence-corrected chi connectivity index (χ3v) is 4.37. The Balaban J connectivity index is 1.86. The minimum Gasteiger partial charge on any atom is -0.385 e. The number of halogens is 1. The third-order valence-electron chi connectivity index (χ3n) is 3.47. The van der Waals surface area contributed by atoms with E-state index in [2.05, 4.69) is 4.98 Å². The summed E-state index contributed by atoms with van der Waals surface area (Å²) < 4.78 is 17.9. The van der Waals surface area contributed by atoms with Crippen LogP contribution in [0.15, 0.2) is 29.6 Å². The number of nitrogens with zero attached hydrogens (tertiary/aromatic N) is 2. The van der Waals surface area contributed by atoms with Crippen LogP contribution in [0.5, 0.6) is 0 Å². The number of carbonyl (C=O) groups excluding carboxylic acids is 1. The molecule has 1 heterocycles.